The number of benzene rings is 2. The fourth-order valence-corrected chi connectivity index (χ4v) is 3.56. The van der Waals surface area contributed by atoms with Crippen molar-refractivity contribution in [2.75, 3.05) is 5.32 Å². The Labute approximate surface area is 131 Å². The number of anilines is 2. The van der Waals surface area contributed by atoms with Crippen molar-refractivity contribution in [1.82, 2.24) is 9.97 Å². The van der Waals surface area contributed by atoms with Gasteiger partial charge in [-0.15, -0.1) is 0 Å². The fraction of sp³-hybridized carbons (Fsp3) is 0.176. The van der Waals surface area contributed by atoms with Crippen LogP contribution in [-0.4, -0.2) is 9.97 Å². The van der Waals surface area contributed by atoms with Gasteiger partial charge in [-0.25, -0.2) is 4.98 Å². The van der Waals surface area contributed by atoms with Crippen LogP contribution in [0, 0.1) is 20.8 Å². The highest BCUT2D eigenvalue weighted by molar-refractivity contribution is 7.22. The SMILES string of the molecule is Cc1cc(C)c2oc(Nc3nc4ccc(C)cc4s3)nc2c1. The van der Waals surface area contributed by atoms with Crippen molar-refractivity contribution in [2.24, 2.45) is 0 Å². The molecule has 1 N–H and O–H groups in total. The Balaban J connectivity index is 1.74. The van der Waals surface area contributed by atoms with Gasteiger partial charge in [0.15, 0.2) is 10.7 Å². The lowest BCUT2D eigenvalue weighted by atomic mass is 10.1. The van der Waals surface area contributed by atoms with E-state index in [0.29, 0.717) is 6.01 Å². The molecule has 22 heavy (non-hydrogen) atoms. The molecule has 0 saturated heterocycles. The second kappa shape index (κ2) is 4.81. The van der Waals surface area contributed by atoms with Gasteiger partial charge in [-0.1, -0.05) is 23.5 Å². The lowest BCUT2D eigenvalue weighted by Crippen LogP contribution is -1.88. The molecule has 0 bridgehead atoms. The van der Waals surface area contributed by atoms with Crippen molar-refractivity contribution in [3.05, 3.63) is 47.0 Å². The molecule has 0 unspecified atom stereocenters. The number of rotatable bonds is 2. The van der Waals surface area contributed by atoms with Crippen molar-refractivity contribution in [3.8, 4) is 0 Å². The van der Waals surface area contributed by atoms with Gasteiger partial charge in [-0.05, 0) is 55.7 Å². The van der Waals surface area contributed by atoms with E-state index in [1.807, 2.05) is 19.1 Å². The summed E-state index contributed by atoms with van der Waals surface area (Å²) in [5.41, 5.74) is 6.19. The highest BCUT2D eigenvalue weighted by atomic mass is 32.1. The Morgan fingerprint density at radius 2 is 1.82 bits per heavy atom. The molecule has 0 aliphatic rings. The van der Waals surface area contributed by atoms with Crippen molar-refractivity contribution >= 4 is 43.8 Å². The van der Waals surface area contributed by atoms with Gasteiger partial charge >= 0.3 is 6.01 Å². The minimum absolute atomic E-state index is 0.486. The number of oxazole rings is 1. The van der Waals surface area contributed by atoms with Crippen molar-refractivity contribution in [1.29, 1.82) is 0 Å². The molecule has 4 nitrogen and oxygen atoms in total. The van der Waals surface area contributed by atoms with Gasteiger partial charge in [0.25, 0.3) is 0 Å². The standard InChI is InChI=1S/C17H15N3OS/c1-9-4-5-12-14(8-9)22-17(19-12)20-16-18-13-7-10(2)6-11(3)15(13)21-16/h4-8H,1-3H3,(H,18,19,20). The highest BCUT2D eigenvalue weighted by Gasteiger charge is 2.11. The van der Waals surface area contributed by atoms with Gasteiger partial charge in [-0.3, -0.25) is 5.32 Å². The van der Waals surface area contributed by atoms with Crippen molar-refractivity contribution in [2.45, 2.75) is 20.8 Å². The van der Waals surface area contributed by atoms with Gasteiger partial charge in [0.05, 0.1) is 10.2 Å². The van der Waals surface area contributed by atoms with E-state index in [4.69, 9.17) is 4.42 Å². The summed E-state index contributed by atoms with van der Waals surface area (Å²) in [7, 11) is 0. The first-order valence-electron chi connectivity index (χ1n) is 7.10. The quantitative estimate of drug-likeness (QED) is 0.559. The summed E-state index contributed by atoms with van der Waals surface area (Å²) in [6, 6.07) is 10.8. The van der Waals surface area contributed by atoms with Gasteiger partial charge in [0, 0.05) is 0 Å². The molecule has 0 aliphatic carbocycles. The Morgan fingerprint density at radius 3 is 2.68 bits per heavy atom. The van der Waals surface area contributed by atoms with Crippen LogP contribution in [-0.2, 0) is 0 Å². The fourth-order valence-electron chi connectivity index (χ4n) is 2.61. The Kier molecular flexibility index (Phi) is 2.90. The normalized spacial score (nSPS) is 11.4. The third kappa shape index (κ3) is 2.23. The van der Waals surface area contributed by atoms with E-state index in [1.165, 1.54) is 11.1 Å². The zero-order valence-electron chi connectivity index (χ0n) is 12.6. The number of aromatic nitrogens is 2. The summed E-state index contributed by atoms with van der Waals surface area (Å²) < 4.78 is 6.98. The van der Waals surface area contributed by atoms with E-state index in [0.717, 1.165) is 32.0 Å². The molecular weight excluding hydrogens is 294 g/mol. The molecule has 0 atom stereocenters. The molecule has 0 aliphatic heterocycles. The first-order valence-corrected chi connectivity index (χ1v) is 7.92. The highest BCUT2D eigenvalue weighted by Crippen LogP contribution is 2.30. The average molecular weight is 309 g/mol. The number of fused-ring (bicyclic) bond motifs is 2. The van der Waals surface area contributed by atoms with Crippen LogP contribution >= 0.6 is 11.3 Å². The minimum atomic E-state index is 0.486. The molecule has 2 aromatic carbocycles. The molecular formula is C17H15N3OS. The first-order chi connectivity index (χ1) is 10.6. The lowest BCUT2D eigenvalue weighted by Gasteiger charge is -1.95. The summed E-state index contributed by atoms with van der Waals surface area (Å²) in [4.78, 5) is 9.07. The van der Waals surface area contributed by atoms with E-state index >= 15 is 0 Å². The molecule has 110 valence electrons. The molecule has 0 spiro atoms. The summed E-state index contributed by atoms with van der Waals surface area (Å²) >= 11 is 1.60. The predicted octanol–water partition coefficient (Wildman–Crippen LogP) is 5.11. The van der Waals surface area contributed by atoms with E-state index in [1.54, 1.807) is 11.3 Å². The number of hydrogen-bond acceptors (Lipinski definition) is 5. The maximum absolute atomic E-state index is 5.82. The van der Waals surface area contributed by atoms with Gasteiger partial charge in [0.2, 0.25) is 0 Å². The number of aryl methyl sites for hydroxylation is 3. The third-order valence-corrected chi connectivity index (χ3v) is 4.51. The Hall–Kier alpha value is -2.40. The van der Waals surface area contributed by atoms with Crippen LogP contribution in [0.4, 0.5) is 11.1 Å². The molecule has 0 saturated carbocycles. The zero-order chi connectivity index (χ0) is 15.3. The van der Waals surface area contributed by atoms with Crippen LogP contribution in [0.5, 0.6) is 0 Å². The van der Waals surface area contributed by atoms with Crippen LogP contribution in [0.25, 0.3) is 21.3 Å². The second-order valence-corrected chi connectivity index (χ2v) is 6.59. The van der Waals surface area contributed by atoms with Crippen molar-refractivity contribution in [3.63, 3.8) is 0 Å². The van der Waals surface area contributed by atoms with Gasteiger partial charge < -0.3 is 4.42 Å². The van der Waals surface area contributed by atoms with Crippen LogP contribution in [0.3, 0.4) is 0 Å². The number of nitrogens with zero attached hydrogens (tertiary/aromatic N) is 2. The summed E-state index contributed by atoms with van der Waals surface area (Å²) in [6.45, 7) is 6.17. The second-order valence-electron chi connectivity index (χ2n) is 5.56. The topological polar surface area (TPSA) is 51.0 Å². The molecule has 2 aromatic heterocycles. The van der Waals surface area contributed by atoms with Crippen molar-refractivity contribution < 1.29 is 4.42 Å². The molecule has 2 heterocycles. The van der Waals surface area contributed by atoms with Crippen LogP contribution < -0.4 is 5.32 Å². The van der Waals surface area contributed by atoms with Gasteiger partial charge in [0.1, 0.15) is 5.52 Å². The van der Waals surface area contributed by atoms with E-state index in [2.05, 4.69) is 47.3 Å². The molecule has 4 aromatic rings. The summed E-state index contributed by atoms with van der Waals surface area (Å²) in [5, 5.41) is 3.97. The smallest absolute Gasteiger partial charge is 0.302 e. The summed E-state index contributed by atoms with van der Waals surface area (Å²) in [5.74, 6) is 0. The molecule has 0 fully saturated rings. The number of thiazole rings is 1. The number of hydrogen-bond donors (Lipinski definition) is 1. The van der Waals surface area contributed by atoms with E-state index < -0.39 is 0 Å². The zero-order valence-corrected chi connectivity index (χ0v) is 13.4. The largest absolute Gasteiger partial charge is 0.423 e. The Morgan fingerprint density at radius 1 is 0.955 bits per heavy atom. The number of nitrogens with one attached hydrogen (secondary N) is 1. The maximum atomic E-state index is 5.82. The third-order valence-electron chi connectivity index (χ3n) is 3.58. The van der Waals surface area contributed by atoms with Crippen LogP contribution in [0.2, 0.25) is 0 Å². The first kappa shape index (κ1) is 13.3. The predicted molar refractivity (Wildman–Crippen MR) is 91.1 cm³/mol. The average Bonchev–Trinajstić information content (AvgIpc) is 3.01. The Bertz CT molecular complexity index is 1000. The van der Waals surface area contributed by atoms with E-state index in [-0.39, 0.29) is 0 Å². The molecule has 4 rings (SSSR count). The van der Waals surface area contributed by atoms with Crippen LogP contribution in [0.15, 0.2) is 34.7 Å². The molecule has 0 radical (unpaired) electrons. The summed E-state index contributed by atoms with van der Waals surface area (Å²) in [6.07, 6.45) is 0. The minimum Gasteiger partial charge on any atom is -0.423 e. The lowest BCUT2D eigenvalue weighted by molar-refractivity contribution is 0.620. The van der Waals surface area contributed by atoms with Crippen LogP contribution in [0.1, 0.15) is 16.7 Å². The van der Waals surface area contributed by atoms with E-state index in [9.17, 15) is 0 Å². The molecule has 5 heteroatoms. The van der Waals surface area contributed by atoms with Gasteiger partial charge in [-0.2, -0.15) is 4.98 Å². The monoisotopic (exact) mass is 309 g/mol. The maximum Gasteiger partial charge on any atom is 0.302 e. The molecule has 0 amide bonds.